The van der Waals surface area contributed by atoms with E-state index in [2.05, 4.69) is 132 Å². The van der Waals surface area contributed by atoms with Gasteiger partial charge in [0.1, 0.15) is 0 Å². The van der Waals surface area contributed by atoms with Crippen LogP contribution in [-0.2, 0) is 10.8 Å². The largest absolute Gasteiger partial charge is 0.310 e. The van der Waals surface area contributed by atoms with Gasteiger partial charge in [-0.1, -0.05) is 110 Å². The molecule has 6 aromatic carbocycles. The summed E-state index contributed by atoms with van der Waals surface area (Å²) >= 11 is 0. The molecular formula is C50H45N. The van der Waals surface area contributed by atoms with E-state index in [4.69, 9.17) is 0 Å². The molecule has 2 spiro atoms. The topological polar surface area (TPSA) is 3.24 Å². The zero-order chi connectivity index (χ0) is 33.3. The Balaban J connectivity index is 1.07. The quantitative estimate of drug-likeness (QED) is 0.183. The van der Waals surface area contributed by atoms with Gasteiger partial charge in [-0.3, -0.25) is 0 Å². The number of hydrogen-bond donors (Lipinski definition) is 0. The molecule has 51 heavy (non-hydrogen) atoms. The summed E-state index contributed by atoms with van der Waals surface area (Å²) in [5.74, 6) is 3.41. The molecule has 0 aliphatic heterocycles. The molecule has 6 aromatic rings. The summed E-state index contributed by atoms with van der Waals surface area (Å²) in [7, 11) is 0. The van der Waals surface area contributed by atoms with Gasteiger partial charge in [-0.05, 0) is 160 Å². The molecule has 1 nitrogen and oxygen atoms in total. The average Bonchev–Trinajstić information content (AvgIpc) is 3.81. The van der Waals surface area contributed by atoms with Gasteiger partial charge in [-0.2, -0.15) is 0 Å². The van der Waals surface area contributed by atoms with Crippen LogP contribution in [0.5, 0.6) is 0 Å². The van der Waals surface area contributed by atoms with E-state index in [1.165, 1.54) is 114 Å². The molecule has 0 radical (unpaired) electrons. The summed E-state index contributed by atoms with van der Waals surface area (Å²) in [6.07, 6.45) is 13.8. The third-order valence-electron chi connectivity index (χ3n) is 15.1. The Hall–Kier alpha value is -4.62. The molecule has 7 aliphatic rings. The molecule has 4 unspecified atom stereocenters. The Morgan fingerprint density at radius 2 is 1.00 bits per heavy atom. The van der Waals surface area contributed by atoms with Crippen LogP contribution in [0.2, 0.25) is 0 Å². The van der Waals surface area contributed by atoms with Crippen LogP contribution in [0.4, 0.5) is 17.1 Å². The van der Waals surface area contributed by atoms with E-state index in [1.807, 2.05) is 0 Å². The van der Waals surface area contributed by atoms with E-state index < -0.39 is 0 Å². The lowest BCUT2D eigenvalue weighted by Crippen LogP contribution is -2.48. The molecule has 0 N–H and O–H groups in total. The summed E-state index contributed by atoms with van der Waals surface area (Å²) in [6, 6.07) is 49.9. The van der Waals surface area contributed by atoms with Crippen molar-refractivity contribution >= 4 is 27.8 Å². The van der Waals surface area contributed by atoms with E-state index in [-0.39, 0.29) is 10.8 Å². The third kappa shape index (κ3) is 3.83. The summed E-state index contributed by atoms with van der Waals surface area (Å²) in [5.41, 5.74) is 16.3. The fraction of sp³-hybridized carbons (Fsp3) is 0.320. The van der Waals surface area contributed by atoms with Crippen molar-refractivity contribution < 1.29 is 0 Å². The van der Waals surface area contributed by atoms with Crippen molar-refractivity contribution in [1.82, 2.24) is 0 Å². The van der Waals surface area contributed by atoms with Crippen molar-refractivity contribution in [3.8, 4) is 22.3 Å². The highest BCUT2D eigenvalue weighted by molar-refractivity contribution is 5.93. The van der Waals surface area contributed by atoms with Gasteiger partial charge in [-0.25, -0.2) is 0 Å². The lowest BCUT2D eigenvalue weighted by Gasteiger charge is -2.53. The first-order valence-electron chi connectivity index (χ1n) is 20.0. The first-order chi connectivity index (χ1) is 25.2. The Morgan fingerprint density at radius 3 is 1.82 bits per heavy atom. The number of rotatable bonds is 3. The lowest BCUT2D eigenvalue weighted by molar-refractivity contribution is 0.0618. The average molecular weight is 660 g/mol. The fourth-order valence-corrected chi connectivity index (χ4v) is 13.3. The Labute approximate surface area is 302 Å². The predicted molar refractivity (Wildman–Crippen MR) is 211 cm³/mol. The molecule has 0 aromatic heterocycles. The SMILES string of the molecule is c1ccc2c(c1)-c1cc(N(c3ccc4c(c3)-c3ccccc3C43C4CCC5CC3C[C@@H](C5)C4)c3ccc4ccccc4c3)ccc1C21CCCC1. The summed E-state index contributed by atoms with van der Waals surface area (Å²) in [4.78, 5) is 2.56. The molecule has 13 rings (SSSR count). The second-order valence-electron chi connectivity index (χ2n) is 17.2. The molecule has 0 heterocycles. The molecule has 250 valence electrons. The normalized spacial score (nSPS) is 27.1. The lowest BCUT2D eigenvalue weighted by atomic mass is 9.51. The van der Waals surface area contributed by atoms with Crippen molar-refractivity contribution in [2.24, 2.45) is 23.7 Å². The van der Waals surface area contributed by atoms with Crippen LogP contribution >= 0.6 is 0 Å². The van der Waals surface area contributed by atoms with Gasteiger partial charge < -0.3 is 4.90 Å². The summed E-state index contributed by atoms with van der Waals surface area (Å²) in [6.45, 7) is 0. The van der Waals surface area contributed by atoms with Crippen molar-refractivity contribution in [1.29, 1.82) is 0 Å². The van der Waals surface area contributed by atoms with E-state index in [1.54, 1.807) is 22.3 Å². The molecule has 1 heteroatoms. The minimum absolute atomic E-state index is 0.177. The standard InChI is InChI=1S/C50H45N/c1-2-10-35-29-38(18-16-34(35)9-1)51(39-19-21-46-43(30-39)41-11-3-5-13-45(41)49(46)23-7-8-24-49)40-20-22-48-44(31-40)42-12-4-6-14-47(42)50(48)36-17-15-32-25-33(27-36)28-37(50)26-32/h1-6,9-14,16,18-22,29-33,36-37H,7-8,15,17,23-28H2/t32?,33-,36?,37?,50?/m0/s1. The fourth-order valence-electron chi connectivity index (χ4n) is 13.3. The van der Waals surface area contributed by atoms with Gasteiger partial charge in [0.2, 0.25) is 0 Å². The molecule has 5 fully saturated rings. The van der Waals surface area contributed by atoms with Crippen LogP contribution < -0.4 is 4.90 Å². The van der Waals surface area contributed by atoms with Crippen molar-refractivity contribution in [3.63, 3.8) is 0 Å². The van der Waals surface area contributed by atoms with Crippen molar-refractivity contribution in [3.05, 3.63) is 150 Å². The zero-order valence-corrected chi connectivity index (χ0v) is 29.5. The third-order valence-corrected chi connectivity index (χ3v) is 15.1. The Morgan fingerprint density at radius 1 is 0.431 bits per heavy atom. The first-order valence-corrected chi connectivity index (χ1v) is 20.0. The van der Waals surface area contributed by atoms with Crippen LogP contribution in [0, 0.1) is 23.7 Å². The maximum Gasteiger partial charge on any atom is 0.0468 e. The number of benzene rings is 6. The molecule has 4 bridgehead atoms. The van der Waals surface area contributed by atoms with Gasteiger partial charge in [-0.15, -0.1) is 0 Å². The smallest absolute Gasteiger partial charge is 0.0468 e. The second kappa shape index (κ2) is 10.5. The van der Waals surface area contributed by atoms with Crippen molar-refractivity contribution in [2.75, 3.05) is 4.90 Å². The molecule has 0 saturated heterocycles. The van der Waals surface area contributed by atoms with Gasteiger partial charge in [0.05, 0.1) is 0 Å². The number of anilines is 3. The van der Waals surface area contributed by atoms with Crippen LogP contribution in [0.25, 0.3) is 33.0 Å². The molecule has 5 atom stereocenters. The first kappa shape index (κ1) is 29.0. The van der Waals surface area contributed by atoms with E-state index in [0.717, 1.165) is 23.7 Å². The number of nitrogens with zero attached hydrogens (tertiary/aromatic N) is 1. The predicted octanol–water partition coefficient (Wildman–Crippen LogP) is 13.3. The summed E-state index contributed by atoms with van der Waals surface area (Å²) < 4.78 is 0. The molecule has 7 aliphatic carbocycles. The maximum absolute atomic E-state index is 2.59. The number of fused-ring (bicyclic) bond motifs is 10. The minimum atomic E-state index is 0.177. The van der Waals surface area contributed by atoms with Crippen LogP contribution in [0.3, 0.4) is 0 Å². The highest BCUT2D eigenvalue weighted by Crippen LogP contribution is 2.68. The minimum Gasteiger partial charge on any atom is -0.310 e. The maximum atomic E-state index is 2.59. The highest BCUT2D eigenvalue weighted by atomic mass is 15.1. The van der Waals surface area contributed by atoms with E-state index in [9.17, 15) is 0 Å². The van der Waals surface area contributed by atoms with Gasteiger partial charge in [0, 0.05) is 27.9 Å². The van der Waals surface area contributed by atoms with Crippen LogP contribution in [0.1, 0.15) is 86.5 Å². The molecule has 5 saturated carbocycles. The zero-order valence-electron chi connectivity index (χ0n) is 29.5. The van der Waals surface area contributed by atoms with Gasteiger partial charge in [0.25, 0.3) is 0 Å². The van der Waals surface area contributed by atoms with Gasteiger partial charge in [0.15, 0.2) is 0 Å². The summed E-state index contributed by atoms with van der Waals surface area (Å²) in [5, 5.41) is 2.57. The second-order valence-corrected chi connectivity index (χ2v) is 17.2. The van der Waals surface area contributed by atoms with Gasteiger partial charge >= 0.3 is 0 Å². The van der Waals surface area contributed by atoms with E-state index >= 15 is 0 Å². The highest BCUT2D eigenvalue weighted by Gasteiger charge is 2.59. The van der Waals surface area contributed by atoms with Crippen LogP contribution in [-0.4, -0.2) is 0 Å². The number of hydrogen-bond acceptors (Lipinski definition) is 1. The van der Waals surface area contributed by atoms with Crippen molar-refractivity contribution in [2.45, 2.75) is 75.0 Å². The Bertz CT molecular complexity index is 2380. The molecular weight excluding hydrogens is 615 g/mol. The van der Waals surface area contributed by atoms with Crippen LogP contribution in [0.15, 0.2) is 127 Å². The van der Waals surface area contributed by atoms with E-state index in [0.29, 0.717) is 0 Å². The molecule has 0 amide bonds. The monoisotopic (exact) mass is 659 g/mol. The Kier molecular flexibility index (Phi) is 5.96.